The molecule has 4 rings (SSSR count). The summed E-state index contributed by atoms with van der Waals surface area (Å²) in [4.78, 5) is 43.0. The summed E-state index contributed by atoms with van der Waals surface area (Å²) >= 11 is 5.84. The van der Waals surface area contributed by atoms with Crippen LogP contribution >= 0.6 is 11.6 Å². The van der Waals surface area contributed by atoms with Crippen molar-refractivity contribution in [2.75, 3.05) is 31.5 Å². The lowest BCUT2D eigenvalue weighted by molar-refractivity contribution is -0.133. The maximum atomic E-state index is 12.8. The van der Waals surface area contributed by atoms with E-state index in [1.54, 1.807) is 31.1 Å². The van der Waals surface area contributed by atoms with Gasteiger partial charge in [0.15, 0.2) is 5.65 Å². The number of amides is 2. The van der Waals surface area contributed by atoms with Crippen LogP contribution < -0.4 is 11.0 Å². The van der Waals surface area contributed by atoms with Crippen LogP contribution in [-0.2, 0) is 33.7 Å². The number of aromatic nitrogens is 3. The molecule has 1 fully saturated rings. The van der Waals surface area contributed by atoms with E-state index in [1.165, 1.54) is 37.7 Å². The van der Waals surface area contributed by atoms with E-state index in [1.807, 2.05) is 0 Å². The molecular formula is C22H25ClN6O5S. The summed E-state index contributed by atoms with van der Waals surface area (Å²) in [6.07, 6.45) is -0.0581. The topological polar surface area (TPSA) is 127 Å². The zero-order chi connectivity index (χ0) is 25.3. The van der Waals surface area contributed by atoms with Gasteiger partial charge in [0.25, 0.3) is 0 Å². The molecule has 0 radical (unpaired) electrons. The first-order valence-electron chi connectivity index (χ1n) is 10.9. The standard InChI is InChI=1S/C22H25ClN6O5S/c1-26-17-7-8-18(25-21(17)27(2)22(26)32)24-19(30)9-10-20(31)28-11-13-29(14-12-28)35(33,34)16-5-3-15(23)4-6-16/h3-8H,9-14H2,1-2H3,(H,24,25,30). The van der Waals surface area contributed by atoms with Crippen LogP contribution in [-0.4, -0.2) is 69.7 Å². The Kier molecular flexibility index (Phi) is 6.97. The molecule has 0 unspecified atom stereocenters. The predicted molar refractivity (Wildman–Crippen MR) is 131 cm³/mol. The van der Waals surface area contributed by atoms with E-state index in [2.05, 4.69) is 10.3 Å². The van der Waals surface area contributed by atoms with Gasteiger partial charge in [-0.1, -0.05) is 11.6 Å². The summed E-state index contributed by atoms with van der Waals surface area (Å²) in [6, 6.07) is 9.25. The molecule has 2 aromatic heterocycles. The quantitative estimate of drug-likeness (QED) is 0.520. The zero-order valence-corrected chi connectivity index (χ0v) is 20.8. The van der Waals surface area contributed by atoms with Gasteiger partial charge in [-0.2, -0.15) is 4.31 Å². The third-order valence-electron chi connectivity index (χ3n) is 5.98. The van der Waals surface area contributed by atoms with Crippen molar-refractivity contribution in [1.29, 1.82) is 0 Å². The molecule has 0 spiro atoms. The predicted octanol–water partition coefficient (Wildman–Crippen LogP) is 1.18. The van der Waals surface area contributed by atoms with Gasteiger partial charge in [-0.3, -0.25) is 18.7 Å². The van der Waals surface area contributed by atoms with E-state index >= 15 is 0 Å². The Morgan fingerprint density at radius 3 is 2.29 bits per heavy atom. The van der Waals surface area contributed by atoms with E-state index in [4.69, 9.17) is 11.6 Å². The van der Waals surface area contributed by atoms with Gasteiger partial charge in [-0.05, 0) is 36.4 Å². The molecule has 35 heavy (non-hydrogen) atoms. The monoisotopic (exact) mass is 520 g/mol. The number of piperazine rings is 1. The fourth-order valence-corrected chi connectivity index (χ4v) is 5.50. The molecule has 11 nitrogen and oxygen atoms in total. The summed E-state index contributed by atoms with van der Waals surface area (Å²) in [5, 5.41) is 3.10. The largest absolute Gasteiger partial charge is 0.340 e. The lowest BCUT2D eigenvalue weighted by Gasteiger charge is -2.34. The molecule has 13 heteroatoms. The fourth-order valence-electron chi connectivity index (χ4n) is 3.96. The number of carbonyl (C=O) groups is 2. The van der Waals surface area contributed by atoms with Crippen LogP contribution in [0.2, 0.25) is 5.02 Å². The second kappa shape index (κ2) is 9.80. The molecule has 2 amide bonds. The van der Waals surface area contributed by atoms with Crippen LogP contribution in [0.4, 0.5) is 5.82 Å². The third-order valence-corrected chi connectivity index (χ3v) is 8.15. The van der Waals surface area contributed by atoms with Gasteiger partial charge in [-0.25, -0.2) is 18.2 Å². The van der Waals surface area contributed by atoms with Gasteiger partial charge in [0.05, 0.1) is 10.4 Å². The Balaban J connectivity index is 1.29. The lowest BCUT2D eigenvalue weighted by atomic mass is 10.2. The molecule has 0 bridgehead atoms. The van der Waals surface area contributed by atoms with Gasteiger partial charge < -0.3 is 10.2 Å². The van der Waals surface area contributed by atoms with Gasteiger partial charge >= 0.3 is 5.69 Å². The maximum Gasteiger partial charge on any atom is 0.329 e. The highest BCUT2D eigenvalue weighted by molar-refractivity contribution is 7.89. The molecule has 0 aliphatic carbocycles. The molecule has 0 atom stereocenters. The molecule has 1 N–H and O–H groups in total. The van der Waals surface area contributed by atoms with Crippen LogP contribution in [0.5, 0.6) is 0 Å². The molecule has 186 valence electrons. The smallest absolute Gasteiger partial charge is 0.329 e. The van der Waals surface area contributed by atoms with Crippen molar-refractivity contribution in [2.45, 2.75) is 17.7 Å². The summed E-state index contributed by atoms with van der Waals surface area (Å²) in [7, 11) is -0.424. The van der Waals surface area contributed by atoms with Crippen molar-refractivity contribution in [3.8, 4) is 0 Å². The molecule has 1 aliphatic rings. The van der Waals surface area contributed by atoms with E-state index < -0.39 is 10.0 Å². The fraction of sp³-hybridized carbons (Fsp3) is 0.364. The maximum absolute atomic E-state index is 12.8. The Labute approximate surface area is 207 Å². The summed E-state index contributed by atoms with van der Waals surface area (Å²) < 4.78 is 29.8. The molecule has 3 aromatic rings. The number of hydrogen-bond donors (Lipinski definition) is 1. The highest BCUT2D eigenvalue weighted by Crippen LogP contribution is 2.20. The third kappa shape index (κ3) is 5.09. The number of halogens is 1. The van der Waals surface area contributed by atoms with E-state index in [9.17, 15) is 22.8 Å². The van der Waals surface area contributed by atoms with Gasteiger partial charge in [0, 0.05) is 58.1 Å². The van der Waals surface area contributed by atoms with Crippen LogP contribution in [0, 0.1) is 0 Å². The average Bonchev–Trinajstić information content (AvgIpc) is 3.06. The number of sulfonamides is 1. The molecule has 1 saturated heterocycles. The average molecular weight is 521 g/mol. The Morgan fingerprint density at radius 2 is 1.63 bits per heavy atom. The normalized spacial score (nSPS) is 14.9. The first-order valence-corrected chi connectivity index (χ1v) is 12.8. The molecular weight excluding hydrogens is 496 g/mol. The number of hydrogen-bond acceptors (Lipinski definition) is 6. The Bertz CT molecular complexity index is 1440. The van der Waals surface area contributed by atoms with E-state index in [0.29, 0.717) is 16.2 Å². The summed E-state index contributed by atoms with van der Waals surface area (Å²) in [5.41, 5.74) is 0.864. The number of anilines is 1. The van der Waals surface area contributed by atoms with E-state index in [0.717, 1.165) is 0 Å². The van der Waals surface area contributed by atoms with Crippen molar-refractivity contribution in [3.05, 3.63) is 51.9 Å². The Morgan fingerprint density at radius 1 is 0.971 bits per heavy atom. The second-order valence-corrected chi connectivity index (χ2v) is 10.6. The number of rotatable bonds is 6. The highest BCUT2D eigenvalue weighted by Gasteiger charge is 2.30. The van der Waals surface area contributed by atoms with Gasteiger partial charge in [0.2, 0.25) is 21.8 Å². The first kappa shape index (κ1) is 24.9. The lowest BCUT2D eigenvalue weighted by Crippen LogP contribution is -2.50. The van der Waals surface area contributed by atoms with Crippen LogP contribution in [0.15, 0.2) is 46.1 Å². The minimum atomic E-state index is -3.67. The molecule has 0 saturated carbocycles. The zero-order valence-electron chi connectivity index (χ0n) is 19.3. The van der Waals surface area contributed by atoms with Crippen molar-refractivity contribution in [2.24, 2.45) is 14.1 Å². The van der Waals surface area contributed by atoms with Crippen LogP contribution in [0.1, 0.15) is 12.8 Å². The second-order valence-electron chi connectivity index (χ2n) is 8.23. The van der Waals surface area contributed by atoms with Crippen molar-refractivity contribution < 1.29 is 18.0 Å². The van der Waals surface area contributed by atoms with E-state index in [-0.39, 0.29) is 67.2 Å². The van der Waals surface area contributed by atoms with Crippen LogP contribution in [0.3, 0.4) is 0 Å². The first-order chi connectivity index (χ1) is 16.6. The molecule has 1 aliphatic heterocycles. The number of aryl methyl sites for hydroxylation is 2. The number of imidazole rings is 1. The Hall–Kier alpha value is -3.22. The van der Waals surface area contributed by atoms with Crippen LogP contribution in [0.25, 0.3) is 11.2 Å². The minimum Gasteiger partial charge on any atom is -0.340 e. The van der Waals surface area contributed by atoms with Gasteiger partial charge in [0.1, 0.15) is 5.82 Å². The number of nitrogens with zero attached hydrogens (tertiary/aromatic N) is 5. The number of nitrogens with one attached hydrogen (secondary N) is 1. The van der Waals surface area contributed by atoms with Gasteiger partial charge in [-0.15, -0.1) is 0 Å². The summed E-state index contributed by atoms with van der Waals surface area (Å²) in [5.74, 6) is -0.315. The molecule has 1 aromatic carbocycles. The van der Waals surface area contributed by atoms with Crippen molar-refractivity contribution in [1.82, 2.24) is 23.3 Å². The SMILES string of the molecule is Cn1c(=O)n(C)c2nc(NC(=O)CCC(=O)N3CCN(S(=O)(=O)c4ccc(Cl)cc4)CC3)ccc21. The minimum absolute atomic E-state index is 0.0121. The number of pyridine rings is 1. The van der Waals surface area contributed by atoms with Crippen molar-refractivity contribution in [3.63, 3.8) is 0 Å². The summed E-state index contributed by atoms with van der Waals surface area (Å²) in [6.45, 7) is 0.826. The van der Waals surface area contributed by atoms with Crippen molar-refractivity contribution >= 4 is 50.4 Å². The highest BCUT2D eigenvalue weighted by atomic mass is 35.5. The number of carbonyl (C=O) groups excluding carboxylic acids is 2. The number of benzene rings is 1. The number of fused-ring (bicyclic) bond motifs is 1. The molecule has 3 heterocycles.